The van der Waals surface area contributed by atoms with Gasteiger partial charge in [0.2, 0.25) is 5.16 Å². The van der Waals surface area contributed by atoms with Crippen molar-refractivity contribution in [2.24, 2.45) is 0 Å². The molecule has 0 amide bonds. The van der Waals surface area contributed by atoms with Crippen LogP contribution in [0.1, 0.15) is 38.1 Å². The smallest absolute Gasteiger partial charge is 0.216 e. The summed E-state index contributed by atoms with van der Waals surface area (Å²) in [5.74, 6) is 0. The van der Waals surface area contributed by atoms with E-state index in [2.05, 4.69) is 52.4 Å². The number of rotatable bonds is 3. The molecule has 1 aliphatic rings. The summed E-state index contributed by atoms with van der Waals surface area (Å²) in [6.45, 7) is 0. The molecule has 2 heterocycles. The highest BCUT2D eigenvalue weighted by atomic mass is 79.9. The predicted molar refractivity (Wildman–Crippen MR) is 81.6 cm³/mol. The van der Waals surface area contributed by atoms with Crippen LogP contribution in [0.4, 0.5) is 0 Å². The fourth-order valence-corrected chi connectivity index (χ4v) is 5.43. The zero-order chi connectivity index (χ0) is 13.2. The van der Waals surface area contributed by atoms with E-state index in [-0.39, 0.29) is 0 Å². The molecule has 19 heavy (non-hydrogen) atoms. The summed E-state index contributed by atoms with van der Waals surface area (Å²) >= 11 is 9.95. The van der Waals surface area contributed by atoms with Crippen LogP contribution in [0.3, 0.4) is 0 Å². The quantitative estimate of drug-likeness (QED) is 0.734. The van der Waals surface area contributed by atoms with Crippen LogP contribution in [0.2, 0.25) is 0 Å². The lowest BCUT2D eigenvalue weighted by atomic mass is 9.96. The fourth-order valence-electron chi connectivity index (χ4n) is 2.19. The Labute approximate surface area is 135 Å². The minimum absolute atomic E-state index is 0.443. The molecule has 1 fully saturated rings. The topological polar surface area (TPSA) is 56.5 Å². The Hall–Kier alpha value is 0.01000. The van der Waals surface area contributed by atoms with E-state index in [0.29, 0.717) is 6.04 Å². The maximum atomic E-state index is 4.41. The highest BCUT2D eigenvalue weighted by Crippen LogP contribution is 2.38. The van der Waals surface area contributed by atoms with E-state index in [1.807, 2.05) is 4.68 Å². The number of halogens is 2. The minimum atomic E-state index is 0.443. The van der Waals surface area contributed by atoms with E-state index in [1.165, 1.54) is 43.9 Å². The summed E-state index contributed by atoms with van der Waals surface area (Å²) in [6, 6.07) is 0.443. The van der Waals surface area contributed by atoms with E-state index in [1.54, 1.807) is 11.3 Å². The van der Waals surface area contributed by atoms with Gasteiger partial charge in [0.05, 0.1) is 6.04 Å². The maximum absolute atomic E-state index is 4.41. The van der Waals surface area contributed by atoms with Crippen molar-refractivity contribution in [1.82, 2.24) is 25.2 Å². The Balaban J connectivity index is 1.79. The second-order valence-corrected chi connectivity index (χ2v) is 8.63. The Bertz CT molecular complexity index is 545. The van der Waals surface area contributed by atoms with E-state index >= 15 is 0 Å². The first-order valence-corrected chi connectivity index (χ1v) is 9.23. The van der Waals surface area contributed by atoms with Gasteiger partial charge >= 0.3 is 0 Å². The Morgan fingerprint density at radius 1 is 1.21 bits per heavy atom. The van der Waals surface area contributed by atoms with Crippen molar-refractivity contribution in [3.05, 3.63) is 8.39 Å². The average Bonchev–Trinajstić information content (AvgIpc) is 2.99. The number of nitrogens with zero attached hydrogens (tertiary/aromatic N) is 5. The molecule has 0 unspecified atom stereocenters. The Morgan fingerprint density at radius 2 is 2.00 bits per heavy atom. The van der Waals surface area contributed by atoms with Gasteiger partial charge in [-0.3, -0.25) is 0 Å². The molecule has 0 spiro atoms. The van der Waals surface area contributed by atoms with Crippen LogP contribution in [0, 0.1) is 0 Å². The second-order valence-electron chi connectivity index (χ2n) is 4.34. The zero-order valence-corrected chi connectivity index (χ0v) is 14.7. The van der Waals surface area contributed by atoms with Crippen molar-refractivity contribution in [2.45, 2.75) is 47.6 Å². The summed E-state index contributed by atoms with van der Waals surface area (Å²) in [6.07, 6.45) is 6.20. The fraction of sp³-hybridized carbons (Fsp3) is 0.600. The van der Waals surface area contributed by atoms with Crippen molar-refractivity contribution < 1.29 is 0 Å². The first kappa shape index (κ1) is 14.0. The molecule has 0 atom stereocenters. The average molecular weight is 425 g/mol. The number of thiazole rings is 1. The normalized spacial score (nSPS) is 16.9. The lowest BCUT2D eigenvalue weighted by Crippen LogP contribution is -2.15. The first-order chi connectivity index (χ1) is 9.24. The van der Waals surface area contributed by atoms with Gasteiger partial charge in [0.25, 0.3) is 0 Å². The van der Waals surface area contributed by atoms with E-state index in [4.69, 9.17) is 0 Å². The van der Waals surface area contributed by atoms with Crippen LogP contribution in [-0.4, -0.2) is 25.2 Å². The number of hydrogen-bond acceptors (Lipinski definition) is 6. The van der Waals surface area contributed by atoms with Gasteiger partial charge in [-0.25, -0.2) is 9.67 Å². The van der Waals surface area contributed by atoms with Gasteiger partial charge in [-0.05, 0) is 66.9 Å². The van der Waals surface area contributed by atoms with Crippen LogP contribution in [0.15, 0.2) is 17.9 Å². The molecule has 0 saturated heterocycles. The van der Waals surface area contributed by atoms with Crippen molar-refractivity contribution in [2.75, 3.05) is 0 Å². The van der Waals surface area contributed by atoms with Gasteiger partial charge in [-0.15, -0.1) is 5.10 Å². The summed E-state index contributed by atoms with van der Waals surface area (Å²) in [4.78, 5) is 4.41. The van der Waals surface area contributed by atoms with Crippen LogP contribution in [0.25, 0.3) is 0 Å². The summed E-state index contributed by atoms with van der Waals surface area (Å²) < 4.78 is 4.72. The molecule has 0 bridgehead atoms. The zero-order valence-electron chi connectivity index (χ0n) is 9.92. The highest BCUT2D eigenvalue weighted by Gasteiger charge is 2.21. The van der Waals surface area contributed by atoms with Crippen molar-refractivity contribution in [3.8, 4) is 0 Å². The lowest BCUT2D eigenvalue weighted by molar-refractivity contribution is 0.307. The molecule has 0 radical (unpaired) electrons. The van der Waals surface area contributed by atoms with Crippen LogP contribution >= 0.6 is 55.0 Å². The molecule has 2 aromatic rings. The number of tetrazole rings is 1. The van der Waals surface area contributed by atoms with Crippen LogP contribution < -0.4 is 0 Å². The first-order valence-electron chi connectivity index (χ1n) is 6.01. The third-order valence-corrected chi connectivity index (χ3v) is 7.18. The molecule has 0 N–H and O–H groups in total. The van der Waals surface area contributed by atoms with Crippen molar-refractivity contribution >= 4 is 55.0 Å². The van der Waals surface area contributed by atoms with Crippen molar-refractivity contribution in [1.29, 1.82) is 0 Å². The van der Waals surface area contributed by atoms with Gasteiger partial charge in [-0.2, -0.15) is 0 Å². The molecule has 9 heteroatoms. The molecule has 0 aliphatic heterocycles. The minimum Gasteiger partial charge on any atom is -0.221 e. The number of hydrogen-bond donors (Lipinski definition) is 0. The maximum Gasteiger partial charge on any atom is 0.216 e. The van der Waals surface area contributed by atoms with Gasteiger partial charge in [0.15, 0.2) is 4.34 Å². The second kappa shape index (κ2) is 6.19. The van der Waals surface area contributed by atoms with E-state index in [0.717, 1.165) is 17.9 Å². The van der Waals surface area contributed by atoms with E-state index in [9.17, 15) is 0 Å². The van der Waals surface area contributed by atoms with Gasteiger partial charge in [0.1, 0.15) is 8.39 Å². The Morgan fingerprint density at radius 3 is 2.68 bits per heavy atom. The molecule has 102 valence electrons. The van der Waals surface area contributed by atoms with Gasteiger partial charge < -0.3 is 0 Å². The summed E-state index contributed by atoms with van der Waals surface area (Å²) in [7, 11) is 0. The molecule has 1 aliphatic carbocycles. The molecule has 1 saturated carbocycles. The molecular weight excluding hydrogens is 414 g/mol. The largest absolute Gasteiger partial charge is 0.221 e. The standard InChI is InChI=1S/C10H11Br2N5S2/c11-7-8(12)18-10(13-7)19-9-14-15-16-17(9)6-4-2-1-3-5-6/h6H,1-5H2. The SMILES string of the molecule is Brc1nc(Sc2nnnn2C2CCCCC2)sc1Br. The monoisotopic (exact) mass is 423 g/mol. The molecule has 0 aromatic carbocycles. The summed E-state index contributed by atoms with van der Waals surface area (Å²) in [5.41, 5.74) is 0. The molecule has 3 rings (SSSR count). The lowest BCUT2D eigenvalue weighted by Gasteiger charge is -2.21. The Kier molecular flexibility index (Phi) is 4.55. The highest BCUT2D eigenvalue weighted by molar-refractivity contribution is 9.13. The van der Waals surface area contributed by atoms with E-state index < -0.39 is 0 Å². The van der Waals surface area contributed by atoms with Gasteiger partial charge in [-0.1, -0.05) is 30.6 Å². The third-order valence-electron chi connectivity index (χ3n) is 3.09. The number of aromatic nitrogens is 5. The van der Waals surface area contributed by atoms with Crippen LogP contribution in [0.5, 0.6) is 0 Å². The third kappa shape index (κ3) is 3.20. The predicted octanol–water partition coefficient (Wildman–Crippen LogP) is 4.31. The van der Waals surface area contributed by atoms with Crippen molar-refractivity contribution in [3.63, 3.8) is 0 Å². The van der Waals surface area contributed by atoms with Gasteiger partial charge in [0, 0.05) is 0 Å². The molecule has 2 aromatic heterocycles. The molecule has 5 nitrogen and oxygen atoms in total. The summed E-state index contributed by atoms with van der Waals surface area (Å²) in [5, 5.41) is 12.9. The van der Waals surface area contributed by atoms with Crippen LogP contribution in [-0.2, 0) is 0 Å². The molecular formula is C10H11Br2N5S2.